The highest BCUT2D eigenvalue weighted by Crippen LogP contribution is 2.45. The lowest BCUT2D eigenvalue weighted by Crippen LogP contribution is -2.38. The molecule has 0 aromatic heterocycles. The average molecular weight is 407 g/mol. The third-order valence-electron chi connectivity index (χ3n) is 6.93. The maximum atomic E-state index is 13.6. The van der Waals surface area contributed by atoms with E-state index in [9.17, 15) is 9.65 Å². The van der Waals surface area contributed by atoms with Gasteiger partial charge >= 0.3 is 0 Å². The van der Waals surface area contributed by atoms with E-state index >= 15 is 0 Å². The van der Waals surface area contributed by atoms with Gasteiger partial charge in [0.05, 0.1) is 11.5 Å². The van der Waals surface area contributed by atoms with Crippen LogP contribution in [0.5, 0.6) is 0 Å². The Morgan fingerprint density at radius 1 is 1.10 bits per heavy atom. The van der Waals surface area contributed by atoms with Gasteiger partial charge in [-0.25, -0.2) is 4.39 Å². The van der Waals surface area contributed by atoms with Crippen molar-refractivity contribution in [3.63, 3.8) is 0 Å². The summed E-state index contributed by atoms with van der Waals surface area (Å²) in [7, 11) is 0. The Kier molecular flexibility index (Phi) is 8.05. The summed E-state index contributed by atoms with van der Waals surface area (Å²) in [6, 6.07) is 20.5. The van der Waals surface area contributed by atoms with Gasteiger partial charge in [-0.05, 0) is 74.8 Å². The minimum atomic E-state index is -0.511. The molecule has 2 aromatic carbocycles. The van der Waals surface area contributed by atoms with Crippen LogP contribution in [0.15, 0.2) is 54.6 Å². The van der Waals surface area contributed by atoms with Gasteiger partial charge < -0.3 is 0 Å². The molecule has 3 rings (SSSR count). The fourth-order valence-corrected chi connectivity index (χ4v) is 5.14. The first-order chi connectivity index (χ1) is 14.6. The first-order valence-electron chi connectivity index (χ1n) is 11.5. The Bertz CT molecular complexity index is 805. The van der Waals surface area contributed by atoms with E-state index in [0.29, 0.717) is 12.0 Å². The summed E-state index contributed by atoms with van der Waals surface area (Å²) >= 11 is 0. The van der Waals surface area contributed by atoms with Gasteiger partial charge in [0, 0.05) is 12.6 Å². The van der Waals surface area contributed by atoms with Gasteiger partial charge in [-0.2, -0.15) is 5.26 Å². The molecule has 0 radical (unpaired) electrons. The zero-order chi connectivity index (χ0) is 21.4. The smallest absolute Gasteiger partial charge is 0.123 e. The SMILES string of the molecule is CCCN(Cc1ccccc1)C(C)CCC(C#N)(c1ccc(F)cc1)C1CCCC1. The molecule has 1 saturated carbocycles. The van der Waals surface area contributed by atoms with Crippen LogP contribution >= 0.6 is 0 Å². The maximum Gasteiger partial charge on any atom is 0.123 e. The second-order valence-electron chi connectivity index (χ2n) is 8.92. The van der Waals surface area contributed by atoms with Gasteiger partial charge in [-0.15, -0.1) is 0 Å². The zero-order valence-electron chi connectivity index (χ0n) is 18.5. The molecule has 2 aromatic rings. The van der Waals surface area contributed by atoms with Crippen molar-refractivity contribution in [3.8, 4) is 6.07 Å². The Balaban J connectivity index is 1.78. The van der Waals surface area contributed by atoms with E-state index in [1.54, 1.807) is 0 Å². The van der Waals surface area contributed by atoms with E-state index < -0.39 is 5.41 Å². The van der Waals surface area contributed by atoms with Crippen molar-refractivity contribution in [3.05, 3.63) is 71.5 Å². The third kappa shape index (κ3) is 5.29. The number of nitriles is 1. The zero-order valence-corrected chi connectivity index (χ0v) is 18.5. The molecule has 2 unspecified atom stereocenters. The standard InChI is InChI=1S/C27H35FN2/c1-3-19-30(20-23-9-5-4-6-10-23)22(2)17-18-27(21-29,24-11-7-8-12-24)25-13-15-26(28)16-14-25/h4-6,9-10,13-16,22,24H,3,7-8,11-12,17-20H2,1-2H3. The number of hydrogen-bond donors (Lipinski definition) is 0. The minimum absolute atomic E-state index is 0.234. The summed E-state index contributed by atoms with van der Waals surface area (Å²) < 4.78 is 13.6. The molecule has 0 aliphatic heterocycles. The second-order valence-corrected chi connectivity index (χ2v) is 8.92. The molecular formula is C27H35FN2. The summed E-state index contributed by atoms with van der Waals surface area (Å²) in [5.41, 5.74) is 1.82. The molecule has 0 amide bonds. The number of hydrogen-bond acceptors (Lipinski definition) is 2. The van der Waals surface area contributed by atoms with Crippen molar-refractivity contribution in [1.29, 1.82) is 5.26 Å². The quantitative estimate of drug-likeness (QED) is 0.431. The van der Waals surface area contributed by atoms with Crippen LogP contribution in [0.25, 0.3) is 0 Å². The molecule has 0 saturated heterocycles. The highest BCUT2D eigenvalue weighted by molar-refractivity contribution is 5.34. The van der Waals surface area contributed by atoms with Crippen molar-refractivity contribution in [2.75, 3.05) is 6.54 Å². The molecule has 30 heavy (non-hydrogen) atoms. The molecule has 3 heteroatoms. The predicted octanol–water partition coefficient (Wildman–Crippen LogP) is 6.86. The molecule has 1 aliphatic carbocycles. The first kappa shape index (κ1) is 22.5. The summed E-state index contributed by atoms with van der Waals surface area (Å²) in [6.07, 6.45) is 7.50. The van der Waals surface area contributed by atoms with Crippen LogP contribution < -0.4 is 0 Å². The van der Waals surface area contributed by atoms with Gasteiger partial charge in [0.15, 0.2) is 0 Å². The van der Waals surface area contributed by atoms with Crippen molar-refractivity contribution < 1.29 is 4.39 Å². The molecule has 1 aliphatic rings. The molecule has 2 atom stereocenters. The number of benzene rings is 2. The van der Waals surface area contributed by atoms with Gasteiger partial charge in [0.25, 0.3) is 0 Å². The fraction of sp³-hybridized carbons (Fsp3) is 0.519. The Labute approximate surface area is 181 Å². The molecule has 0 heterocycles. The van der Waals surface area contributed by atoms with Crippen LogP contribution in [-0.4, -0.2) is 17.5 Å². The normalized spacial score (nSPS) is 17.6. The lowest BCUT2D eigenvalue weighted by molar-refractivity contribution is 0.174. The van der Waals surface area contributed by atoms with Crippen molar-refractivity contribution in [2.45, 2.75) is 76.8 Å². The summed E-state index contributed by atoms with van der Waals surface area (Å²) in [6.45, 7) is 6.51. The van der Waals surface area contributed by atoms with Gasteiger partial charge in [-0.1, -0.05) is 62.2 Å². The first-order valence-corrected chi connectivity index (χ1v) is 11.5. The molecule has 1 fully saturated rings. The highest BCUT2D eigenvalue weighted by Gasteiger charge is 2.42. The second kappa shape index (κ2) is 10.7. The lowest BCUT2D eigenvalue weighted by atomic mass is 9.67. The molecule has 0 bridgehead atoms. The van der Waals surface area contributed by atoms with Crippen LogP contribution in [0.1, 0.15) is 69.9 Å². The monoisotopic (exact) mass is 406 g/mol. The lowest BCUT2D eigenvalue weighted by Gasteiger charge is -2.36. The highest BCUT2D eigenvalue weighted by atomic mass is 19.1. The fourth-order valence-electron chi connectivity index (χ4n) is 5.14. The topological polar surface area (TPSA) is 27.0 Å². The summed E-state index contributed by atoms with van der Waals surface area (Å²) in [4.78, 5) is 2.54. The molecule has 0 spiro atoms. The van der Waals surface area contributed by atoms with E-state index in [4.69, 9.17) is 0 Å². The van der Waals surface area contributed by atoms with Gasteiger partial charge in [0.1, 0.15) is 5.82 Å². The third-order valence-corrected chi connectivity index (χ3v) is 6.93. The Hall–Kier alpha value is -2.18. The molecule has 2 nitrogen and oxygen atoms in total. The Morgan fingerprint density at radius 3 is 2.37 bits per heavy atom. The van der Waals surface area contributed by atoms with Crippen molar-refractivity contribution >= 4 is 0 Å². The predicted molar refractivity (Wildman–Crippen MR) is 121 cm³/mol. The van der Waals surface area contributed by atoms with E-state index in [1.165, 1.54) is 30.5 Å². The summed E-state index contributed by atoms with van der Waals surface area (Å²) in [5.74, 6) is 0.135. The average Bonchev–Trinajstić information content (AvgIpc) is 3.31. The minimum Gasteiger partial charge on any atom is -0.296 e. The maximum absolute atomic E-state index is 13.6. The number of nitrogens with zero attached hydrogens (tertiary/aromatic N) is 2. The van der Waals surface area contributed by atoms with Gasteiger partial charge in [0.2, 0.25) is 0 Å². The largest absolute Gasteiger partial charge is 0.296 e. The van der Waals surface area contributed by atoms with Crippen molar-refractivity contribution in [1.82, 2.24) is 4.90 Å². The van der Waals surface area contributed by atoms with E-state index in [2.05, 4.69) is 55.1 Å². The molecule has 0 N–H and O–H groups in total. The number of halogens is 1. The van der Waals surface area contributed by atoms with Crippen molar-refractivity contribution in [2.24, 2.45) is 5.92 Å². The van der Waals surface area contributed by atoms with Crippen LogP contribution in [-0.2, 0) is 12.0 Å². The van der Waals surface area contributed by atoms with E-state index in [1.807, 2.05) is 12.1 Å². The Morgan fingerprint density at radius 2 is 1.77 bits per heavy atom. The number of rotatable bonds is 10. The van der Waals surface area contributed by atoms with Crippen LogP contribution in [0.2, 0.25) is 0 Å². The van der Waals surface area contributed by atoms with Gasteiger partial charge in [-0.3, -0.25) is 4.90 Å². The van der Waals surface area contributed by atoms with Crippen LogP contribution in [0, 0.1) is 23.1 Å². The van der Waals surface area contributed by atoms with E-state index in [-0.39, 0.29) is 5.82 Å². The molecular weight excluding hydrogens is 371 g/mol. The van der Waals surface area contributed by atoms with Crippen LogP contribution in [0.3, 0.4) is 0 Å². The van der Waals surface area contributed by atoms with Crippen LogP contribution in [0.4, 0.5) is 4.39 Å². The molecule has 160 valence electrons. The summed E-state index contributed by atoms with van der Waals surface area (Å²) in [5, 5.41) is 10.4. The van der Waals surface area contributed by atoms with E-state index in [0.717, 1.165) is 50.8 Å².